The normalized spacial score (nSPS) is 33.6. The molecular formula is C15H19Cl. The highest BCUT2D eigenvalue weighted by Gasteiger charge is 2.47. The lowest BCUT2D eigenvalue weighted by Gasteiger charge is -2.19. The maximum atomic E-state index is 6.62. The molecule has 0 amide bonds. The fraction of sp³-hybridized carbons (Fsp3) is 0.600. The Morgan fingerprint density at radius 1 is 1.06 bits per heavy atom. The van der Waals surface area contributed by atoms with Crippen LogP contribution in [0.15, 0.2) is 18.2 Å². The number of hydrogen-bond acceptors (Lipinski definition) is 0. The van der Waals surface area contributed by atoms with Gasteiger partial charge in [-0.25, -0.2) is 0 Å². The number of halogens is 1. The van der Waals surface area contributed by atoms with E-state index < -0.39 is 0 Å². The molecule has 2 aliphatic carbocycles. The Labute approximate surface area is 103 Å². The molecule has 86 valence electrons. The van der Waals surface area contributed by atoms with Crippen LogP contribution >= 0.6 is 11.6 Å². The van der Waals surface area contributed by atoms with Crippen LogP contribution in [0.3, 0.4) is 0 Å². The van der Waals surface area contributed by atoms with E-state index in [0.29, 0.717) is 0 Å². The van der Waals surface area contributed by atoms with Crippen molar-refractivity contribution >= 4 is 11.6 Å². The van der Waals surface area contributed by atoms with Crippen molar-refractivity contribution in [2.45, 2.75) is 38.5 Å². The molecular weight excluding hydrogens is 216 g/mol. The maximum absolute atomic E-state index is 6.62. The fourth-order valence-corrected chi connectivity index (χ4v) is 3.55. The Hall–Kier alpha value is -0.490. The summed E-state index contributed by atoms with van der Waals surface area (Å²) in [5.74, 6) is 2.78. The Kier molecular flexibility index (Phi) is 2.51. The highest BCUT2D eigenvalue weighted by molar-refractivity contribution is 6.21. The molecule has 16 heavy (non-hydrogen) atoms. The average Bonchev–Trinajstić information content (AvgIpc) is 2.89. The second-order valence-corrected chi connectivity index (χ2v) is 6.20. The molecule has 0 bridgehead atoms. The van der Waals surface area contributed by atoms with Gasteiger partial charge in [-0.3, -0.25) is 0 Å². The van der Waals surface area contributed by atoms with E-state index in [0.717, 1.165) is 17.8 Å². The summed E-state index contributed by atoms with van der Waals surface area (Å²) >= 11 is 6.62. The van der Waals surface area contributed by atoms with Crippen molar-refractivity contribution in [2.75, 3.05) is 0 Å². The van der Waals surface area contributed by atoms with Crippen LogP contribution in [0.4, 0.5) is 0 Å². The van der Waals surface area contributed by atoms with Crippen LogP contribution in [0.5, 0.6) is 0 Å². The van der Waals surface area contributed by atoms with Crippen molar-refractivity contribution in [1.82, 2.24) is 0 Å². The maximum Gasteiger partial charge on any atom is 0.0613 e. The monoisotopic (exact) mass is 234 g/mol. The van der Waals surface area contributed by atoms with Crippen LogP contribution in [0.1, 0.15) is 41.3 Å². The molecule has 0 N–H and O–H groups in total. The molecule has 2 saturated carbocycles. The number of benzene rings is 1. The van der Waals surface area contributed by atoms with Crippen LogP contribution in [-0.4, -0.2) is 0 Å². The summed E-state index contributed by atoms with van der Waals surface area (Å²) in [6.45, 7) is 4.33. The van der Waals surface area contributed by atoms with E-state index >= 15 is 0 Å². The van der Waals surface area contributed by atoms with Crippen molar-refractivity contribution < 1.29 is 0 Å². The van der Waals surface area contributed by atoms with Gasteiger partial charge < -0.3 is 0 Å². The van der Waals surface area contributed by atoms with E-state index in [9.17, 15) is 0 Å². The number of fused-ring (bicyclic) bond motifs is 1. The molecule has 0 nitrogen and oxygen atoms in total. The van der Waals surface area contributed by atoms with Gasteiger partial charge in [-0.2, -0.15) is 0 Å². The van der Waals surface area contributed by atoms with Gasteiger partial charge in [0.1, 0.15) is 0 Å². The highest BCUT2D eigenvalue weighted by atomic mass is 35.5. The van der Waals surface area contributed by atoms with Crippen LogP contribution in [0.2, 0.25) is 0 Å². The second kappa shape index (κ2) is 3.77. The molecule has 2 fully saturated rings. The van der Waals surface area contributed by atoms with Gasteiger partial charge in [0.2, 0.25) is 0 Å². The summed E-state index contributed by atoms with van der Waals surface area (Å²) in [6, 6.07) is 6.69. The Morgan fingerprint density at radius 2 is 1.75 bits per heavy atom. The molecule has 0 aliphatic heterocycles. The number of rotatable bonds is 2. The first-order valence-electron chi connectivity index (χ1n) is 6.36. The number of aryl methyl sites for hydroxylation is 2. The van der Waals surface area contributed by atoms with Crippen LogP contribution < -0.4 is 0 Å². The van der Waals surface area contributed by atoms with Gasteiger partial charge in [0.05, 0.1) is 5.38 Å². The molecule has 1 aromatic carbocycles. The minimum Gasteiger partial charge on any atom is -0.118 e. The van der Waals surface area contributed by atoms with E-state index in [4.69, 9.17) is 11.6 Å². The molecule has 0 spiro atoms. The first-order valence-corrected chi connectivity index (χ1v) is 6.80. The summed E-state index contributed by atoms with van der Waals surface area (Å²) < 4.78 is 0. The van der Waals surface area contributed by atoms with Gasteiger partial charge in [-0.1, -0.05) is 18.2 Å². The smallest absolute Gasteiger partial charge is 0.0613 e. The van der Waals surface area contributed by atoms with E-state index in [1.54, 1.807) is 0 Å². The molecule has 3 atom stereocenters. The summed E-state index contributed by atoms with van der Waals surface area (Å²) in [6.07, 6.45) is 4.21. The Morgan fingerprint density at radius 3 is 2.38 bits per heavy atom. The van der Waals surface area contributed by atoms with E-state index in [2.05, 4.69) is 32.0 Å². The van der Waals surface area contributed by atoms with Gasteiger partial charge in [0.15, 0.2) is 0 Å². The predicted octanol–water partition coefficient (Wildman–Crippen LogP) is 4.63. The predicted molar refractivity (Wildman–Crippen MR) is 68.8 cm³/mol. The minimum absolute atomic E-state index is 0.243. The van der Waals surface area contributed by atoms with Crippen molar-refractivity contribution in [3.8, 4) is 0 Å². The molecule has 3 unspecified atom stereocenters. The molecule has 0 radical (unpaired) electrons. The first-order chi connectivity index (χ1) is 7.65. The zero-order valence-electron chi connectivity index (χ0n) is 10.0. The van der Waals surface area contributed by atoms with Gasteiger partial charge in [-0.05, 0) is 67.6 Å². The second-order valence-electron chi connectivity index (χ2n) is 5.73. The summed E-state index contributed by atoms with van der Waals surface area (Å²) in [7, 11) is 0. The summed E-state index contributed by atoms with van der Waals surface area (Å²) in [4.78, 5) is 0. The lowest BCUT2D eigenvalue weighted by molar-refractivity contribution is 0.471. The summed E-state index contributed by atoms with van der Waals surface area (Å²) in [5, 5.41) is 0.243. The first kappa shape index (κ1) is 10.7. The van der Waals surface area contributed by atoms with Gasteiger partial charge >= 0.3 is 0 Å². The lowest BCUT2D eigenvalue weighted by Crippen LogP contribution is -2.06. The molecule has 1 heteroatoms. The quantitative estimate of drug-likeness (QED) is 0.655. The van der Waals surface area contributed by atoms with Crippen molar-refractivity contribution in [3.05, 3.63) is 34.9 Å². The van der Waals surface area contributed by atoms with Gasteiger partial charge in [0, 0.05) is 0 Å². The van der Waals surface area contributed by atoms with Crippen molar-refractivity contribution in [3.63, 3.8) is 0 Å². The highest BCUT2D eigenvalue weighted by Crippen LogP contribution is 2.58. The van der Waals surface area contributed by atoms with Gasteiger partial charge in [0.25, 0.3) is 0 Å². The topological polar surface area (TPSA) is 0 Å². The number of hydrogen-bond donors (Lipinski definition) is 0. The van der Waals surface area contributed by atoms with Crippen LogP contribution in [0.25, 0.3) is 0 Å². The third-order valence-corrected chi connectivity index (χ3v) is 5.15. The van der Waals surface area contributed by atoms with E-state index in [-0.39, 0.29) is 5.38 Å². The average molecular weight is 235 g/mol. The SMILES string of the molecule is Cc1ccc(C(Cl)C2CC3CC3C2)cc1C. The summed E-state index contributed by atoms with van der Waals surface area (Å²) in [5.41, 5.74) is 4.06. The molecule has 2 aliphatic rings. The van der Waals surface area contributed by atoms with Crippen molar-refractivity contribution in [2.24, 2.45) is 17.8 Å². The lowest BCUT2D eigenvalue weighted by atomic mass is 9.92. The molecule has 0 saturated heterocycles. The molecule has 0 aromatic heterocycles. The molecule has 3 rings (SSSR count). The number of alkyl halides is 1. The third kappa shape index (κ3) is 1.78. The Bertz CT molecular complexity index is 400. The Balaban J connectivity index is 1.77. The molecule has 0 heterocycles. The van der Waals surface area contributed by atoms with Crippen LogP contribution in [0, 0.1) is 31.6 Å². The van der Waals surface area contributed by atoms with E-state index in [1.807, 2.05) is 0 Å². The van der Waals surface area contributed by atoms with E-state index in [1.165, 1.54) is 36.0 Å². The third-order valence-electron chi connectivity index (χ3n) is 4.54. The fourth-order valence-electron chi connectivity index (χ4n) is 3.21. The molecule has 1 aromatic rings. The zero-order valence-corrected chi connectivity index (χ0v) is 10.8. The minimum atomic E-state index is 0.243. The standard InChI is InChI=1S/C15H19Cl/c1-9-3-4-11(5-10(9)2)15(16)14-7-12-6-13(12)8-14/h3-5,12-15H,6-8H2,1-2H3. The zero-order chi connectivity index (χ0) is 11.3. The van der Waals surface area contributed by atoms with Crippen molar-refractivity contribution in [1.29, 1.82) is 0 Å². The largest absolute Gasteiger partial charge is 0.118 e. The van der Waals surface area contributed by atoms with Crippen LogP contribution in [-0.2, 0) is 0 Å². The van der Waals surface area contributed by atoms with Gasteiger partial charge in [-0.15, -0.1) is 11.6 Å².